The number of benzene rings is 1. The molecular weight excluding hydrogens is 262 g/mol. The van der Waals surface area contributed by atoms with Gasteiger partial charge < -0.3 is 14.8 Å². The van der Waals surface area contributed by atoms with Crippen molar-refractivity contribution in [2.75, 3.05) is 13.7 Å². The van der Waals surface area contributed by atoms with Crippen LogP contribution in [0.5, 0.6) is 11.5 Å². The molecule has 1 aliphatic carbocycles. The Morgan fingerprint density at radius 1 is 1.24 bits per heavy atom. The zero-order valence-electron chi connectivity index (χ0n) is 13.3. The normalized spacial score (nSPS) is 21.9. The van der Waals surface area contributed by atoms with E-state index >= 15 is 0 Å². The summed E-state index contributed by atoms with van der Waals surface area (Å²) < 4.78 is 11.4. The first-order valence-corrected chi connectivity index (χ1v) is 8.33. The number of nitrogens with one attached hydrogen (secondary N) is 1. The fourth-order valence-electron chi connectivity index (χ4n) is 3.61. The molecule has 1 N–H and O–H groups in total. The molecular formula is C18H27NO2. The molecule has 3 heteroatoms. The van der Waals surface area contributed by atoms with Gasteiger partial charge in [0, 0.05) is 24.1 Å². The van der Waals surface area contributed by atoms with Crippen LogP contribution < -0.4 is 14.8 Å². The third-order valence-electron chi connectivity index (χ3n) is 4.77. The second kappa shape index (κ2) is 6.69. The zero-order valence-corrected chi connectivity index (χ0v) is 13.3. The van der Waals surface area contributed by atoms with Crippen LogP contribution in [0, 0.1) is 5.92 Å². The molecule has 0 radical (unpaired) electrons. The summed E-state index contributed by atoms with van der Waals surface area (Å²) in [5.74, 6) is 2.89. The molecule has 0 aromatic heterocycles. The van der Waals surface area contributed by atoms with Gasteiger partial charge in [0.25, 0.3) is 0 Å². The second-order valence-electron chi connectivity index (χ2n) is 6.54. The Bertz CT molecular complexity index is 480. The highest BCUT2D eigenvalue weighted by molar-refractivity contribution is 5.48. The molecule has 1 fully saturated rings. The Labute approximate surface area is 128 Å². The molecule has 1 atom stereocenters. The van der Waals surface area contributed by atoms with Crippen LogP contribution in [0.1, 0.15) is 50.2 Å². The van der Waals surface area contributed by atoms with Gasteiger partial charge in [-0.25, -0.2) is 0 Å². The van der Waals surface area contributed by atoms with Gasteiger partial charge in [-0.2, -0.15) is 0 Å². The van der Waals surface area contributed by atoms with E-state index < -0.39 is 0 Å². The van der Waals surface area contributed by atoms with Crippen molar-refractivity contribution in [3.8, 4) is 11.5 Å². The van der Waals surface area contributed by atoms with E-state index in [9.17, 15) is 0 Å². The molecule has 0 saturated heterocycles. The number of hydrogen-bond donors (Lipinski definition) is 1. The van der Waals surface area contributed by atoms with Crippen molar-refractivity contribution in [3.63, 3.8) is 0 Å². The number of methoxy groups -OCH3 is 1. The van der Waals surface area contributed by atoms with Crippen LogP contribution in [-0.2, 0) is 13.0 Å². The largest absolute Gasteiger partial charge is 0.496 e. The van der Waals surface area contributed by atoms with Crippen molar-refractivity contribution in [2.24, 2.45) is 5.92 Å². The third-order valence-corrected chi connectivity index (χ3v) is 4.77. The number of ether oxygens (including phenoxy) is 2. The van der Waals surface area contributed by atoms with Gasteiger partial charge in [-0.15, -0.1) is 0 Å². The van der Waals surface area contributed by atoms with Crippen LogP contribution in [0.25, 0.3) is 0 Å². The molecule has 0 spiro atoms. The minimum absolute atomic E-state index is 0.287. The lowest BCUT2D eigenvalue weighted by atomic mass is 9.89. The molecule has 2 aliphatic rings. The first-order valence-electron chi connectivity index (χ1n) is 8.33. The van der Waals surface area contributed by atoms with E-state index in [-0.39, 0.29) is 6.10 Å². The molecule has 3 nitrogen and oxygen atoms in total. The maximum Gasteiger partial charge on any atom is 0.123 e. The zero-order chi connectivity index (χ0) is 14.7. The minimum atomic E-state index is 0.287. The van der Waals surface area contributed by atoms with Crippen molar-refractivity contribution in [1.29, 1.82) is 0 Å². The minimum Gasteiger partial charge on any atom is -0.496 e. The lowest BCUT2D eigenvalue weighted by Crippen LogP contribution is -2.24. The van der Waals surface area contributed by atoms with Crippen molar-refractivity contribution >= 4 is 0 Å². The molecule has 0 amide bonds. The summed E-state index contributed by atoms with van der Waals surface area (Å²) in [5.41, 5.74) is 2.48. The van der Waals surface area contributed by atoms with E-state index in [1.54, 1.807) is 7.11 Å². The predicted molar refractivity (Wildman–Crippen MR) is 85.1 cm³/mol. The SMILES string of the molecule is COc1cc2c(cc1CNCC1CCCCC1)OC(C)C2. The summed E-state index contributed by atoms with van der Waals surface area (Å²) in [5, 5.41) is 3.61. The van der Waals surface area contributed by atoms with Gasteiger partial charge in [0.1, 0.15) is 17.6 Å². The second-order valence-corrected chi connectivity index (χ2v) is 6.54. The highest BCUT2D eigenvalue weighted by Crippen LogP contribution is 2.35. The average Bonchev–Trinajstić information content (AvgIpc) is 2.86. The maximum atomic E-state index is 5.86. The van der Waals surface area contributed by atoms with Crippen LogP contribution in [0.2, 0.25) is 0 Å². The first-order chi connectivity index (χ1) is 10.3. The van der Waals surface area contributed by atoms with Gasteiger partial charge in [-0.05, 0) is 44.4 Å². The summed E-state index contributed by atoms with van der Waals surface area (Å²) >= 11 is 0. The highest BCUT2D eigenvalue weighted by Gasteiger charge is 2.21. The molecule has 0 bridgehead atoms. The van der Waals surface area contributed by atoms with E-state index in [1.807, 2.05) is 0 Å². The molecule has 21 heavy (non-hydrogen) atoms. The predicted octanol–water partition coefficient (Wildman–Crippen LogP) is 3.69. The van der Waals surface area contributed by atoms with E-state index in [0.29, 0.717) is 0 Å². The van der Waals surface area contributed by atoms with Crippen LogP contribution in [-0.4, -0.2) is 19.8 Å². The quantitative estimate of drug-likeness (QED) is 0.897. The Balaban J connectivity index is 1.60. The third kappa shape index (κ3) is 3.52. The molecule has 1 aromatic rings. The van der Waals surface area contributed by atoms with Gasteiger partial charge in [0.15, 0.2) is 0 Å². The van der Waals surface area contributed by atoms with E-state index in [1.165, 1.54) is 43.2 Å². The Morgan fingerprint density at radius 2 is 2.05 bits per heavy atom. The first kappa shape index (κ1) is 14.7. The van der Waals surface area contributed by atoms with Crippen LogP contribution >= 0.6 is 0 Å². The van der Waals surface area contributed by atoms with Crippen LogP contribution in [0.4, 0.5) is 0 Å². The van der Waals surface area contributed by atoms with Gasteiger partial charge in [0.05, 0.1) is 7.11 Å². The highest BCUT2D eigenvalue weighted by atomic mass is 16.5. The Hall–Kier alpha value is -1.22. The molecule has 1 unspecified atom stereocenters. The Kier molecular flexibility index (Phi) is 4.69. The Morgan fingerprint density at radius 3 is 2.81 bits per heavy atom. The molecule has 3 rings (SSSR count). The topological polar surface area (TPSA) is 30.5 Å². The molecule has 1 aromatic carbocycles. The van der Waals surface area contributed by atoms with E-state index in [4.69, 9.17) is 9.47 Å². The van der Waals surface area contributed by atoms with Gasteiger partial charge >= 0.3 is 0 Å². The molecule has 1 heterocycles. The summed E-state index contributed by atoms with van der Waals surface area (Å²) in [4.78, 5) is 0. The summed E-state index contributed by atoms with van der Waals surface area (Å²) in [6.45, 7) is 4.11. The van der Waals surface area contributed by atoms with Crippen molar-refractivity contribution in [2.45, 2.75) is 58.1 Å². The summed E-state index contributed by atoms with van der Waals surface area (Å²) in [6.07, 6.45) is 8.27. The number of fused-ring (bicyclic) bond motifs is 1. The van der Waals surface area contributed by atoms with Gasteiger partial charge in [-0.3, -0.25) is 0 Å². The lowest BCUT2D eigenvalue weighted by Gasteiger charge is -2.22. The summed E-state index contributed by atoms with van der Waals surface area (Å²) in [6, 6.07) is 4.31. The molecule has 1 saturated carbocycles. The standard InChI is InChI=1S/C18H27NO2/c1-13-8-15-9-17(20-2)16(10-18(15)21-13)12-19-11-14-6-4-3-5-7-14/h9-10,13-14,19H,3-8,11-12H2,1-2H3. The molecule has 1 aliphatic heterocycles. The molecule has 116 valence electrons. The van der Waals surface area contributed by atoms with Crippen molar-refractivity contribution in [3.05, 3.63) is 23.3 Å². The van der Waals surface area contributed by atoms with Crippen LogP contribution in [0.3, 0.4) is 0 Å². The average molecular weight is 289 g/mol. The van der Waals surface area contributed by atoms with Crippen LogP contribution in [0.15, 0.2) is 12.1 Å². The summed E-state index contributed by atoms with van der Waals surface area (Å²) in [7, 11) is 1.76. The van der Waals surface area contributed by atoms with Gasteiger partial charge in [-0.1, -0.05) is 19.3 Å². The van der Waals surface area contributed by atoms with E-state index in [2.05, 4.69) is 24.4 Å². The smallest absolute Gasteiger partial charge is 0.123 e. The fraction of sp³-hybridized carbons (Fsp3) is 0.667. The van der Waals surface area contributed by atoms with Gasteiger partial charge in [0.2, 0.25) is 0 Å². The number of hydrogen-bond acceptors (Lipinski definition) is 3. The fourth-order valence-corrected chi connectivity index (χ4v) is 3.61. The monoisotopic (exact) mass is 289 g/mol. The van der Waals surface area contributed by atoms with E-state index in [0.717, 1.165) is 36.9 Å². The van der Waals surface area contributed by atoms with Crippen molar-refractivity contribution < 1.29 is 9.47 Å². The number of rotatable bonds is 5. The maximum absolute atomic E-state index is 5.86. The van der Waals surface area contributed by atoms with Crippen molar-refractivity contribution in [1.82, 2.24) is 5.32 Å². The lowest BCUT2D eigenvalue weighted by molar-refractivity contribution is 0.254.